The molecular weight excluding hydrogens is 350 g/mol. The molecule has 0 saturated heterocycles. The molecule has 0 unspecified atom stereocenters. The highest BCUT2D eigenvalue weighted by Crippen LogP contribution is 2.18. The van der Waals surface area contributed by atoms with Crippen molar-refractivity contribution in [1.29, 1.82) is 0 Å². The van der Waals surface area contributed by atoms with Crippen molar-refractivity contribution in [3.8, 4) is 0 Å². The van der Waals surface area contributed by atoms with Crippen LogP contribution in [-0.4, -0.2) is 38.9 Å². The number of aromatic amines is 1. The van der Waals surface area contributed by atoms with Crippen molar-refractivity contribution in [1.82, 2.24) is 20.2 Å². The van der Waals surface area contributed by atoms with Gasteiger partial charge in [-0.3, -0.25) is 14.9 Å². The molecule has 0 bridgehead atoms. The van der Waals surface area contributed by atoms with E-state index in [9.17, 15) is 9.59 Å². The van der Waals surface area contributed by atoms with Gasteiger partial charge in [-0.05, 0) is 12.1 Å². The minimum absolute atomic E-state index is 0.0977. The molecule has 0 fully saturated rings. The van der Waals surface area contributed by atoms with Gasteiger partial charge in [0.25, 0.3) is 5.56 Å². The summed E-state index contributed by atoms with van der Waals surface area (Å²) < 4.78 is 4.95. The minimum atomic E-state index is -0.254. The molecule has 0 aliphatic heterocycles. The topological polar surface area (TPSA) is 110 Å². The molecular formula is C14H13N5O3S2. The van der Waals surface area contributed by atoms with Crippen molar-refractivity contribution in [3.63, 3.8) is 0 Å². The number of aromatic nitrogens is 4. The third-order valence-corrected chi connectivity index (χ3v) is 4.60. The Hall–Kier alpha value is -2.30. The Morgan fingerprint density at radius 3 is 3.04 bits per heavy atom. The molecule has 0 atom stereocenters. The number of hydrogen-bond donors (Lipinski definition) is 2. The van der Waals surface area contributed by atoms with Crippen LogP contribution in [0.1, 0.15) is 5.01 Å². The quantitative estimate of drug-likeness (QED) is 0.506. The molecule has 24 heavy (non-hydrogen) atoms. The van der Waals surface area contributed by atoms with Crippen molar-refractivity contribution < 1.29 is 9.53 Å². The fourth-order valence-electron chi connectivity index (χ4n) is 1.91. The van der Waals surface area contributed by atoms with Gasteiger partial charge in [0.15, 0.2) is 5.16 Å². The molecule has 1 amide bonds. The number of nitrogens with one attached hydrogen (secondary N) is 2. The highest BCUT2D eigenvalue weighted by atomic mass is 32.2. The van der Waals surface area contributed by atoms with E-state index >= 15 is 0 Å². The number of ether oxygens (including phenoxy) is 1. The number of fused-ring (bicyclic) bond motifs is 1. The summed E-state index contributed by atoms with van der Waals surface area (Å²) in [6, 6.07) is 7.05. The Morgan fingerprint density at radius 2 is 2.21 bits per heavy atom. The number of hydrogen-bond acceptors (Lipinski definition) is 8. The Bertz CT molecular complexity index is 924. The second kappa shape index (κ2) is 7.51. The monoisotopic (exact) mass is 363 g/mol. The maximum Gasteiger partial charge on any atom is 0.259 e. The second-order valence-electron chi connectivity index (χ2n) is 4.66. The zero-order chi connectivity index (χ0) is 16.9. The van der Waals surface area contributed by atoms with E-state index < -0.39 is 0 Å². The number of carbonyl (C=O) groups is 1. The van der Waals surface area contributed by atoms with Crippen LogP contribution < -0.4 is 10.9 Å². The maximum absolute atomic E-state index is 12.0. The van der Waals surface area contributed by atoms with Gasteiger partial charge in [-0.2, -0.15) is 0 Å². The van der Waals surface area contributed by atoms with Crippen LogP contribution in [0.2, 0.25) is 0 Å². The van der Waals surface area contributed by atoms with E-state index in [1.807, 2.05) is 6.07 Å². The largest absolute Gasteiger partial charge is 0.377 e. The van der Waals surface area contributed by atoms with Gasteiger partial charge in [-0.25, -0.2) is 4.98 Å². The van der Waals surface area contributed by atoms with E-state index in [1.54, 1.807) is 25.3 Å². The van der Waals surface area contributed by atoms with Crippen LogP contribution in [0.4, 0.5) is 5.13 Å². The summed E-state index contributed by atoms with van der Waals surface area (Å²) in [4.78, 5) is 30.9. The van der Waals surface area contributed by atoms with Gasteiger partial charge >= 0.3 is 0 Å². The smallest absolute Gasteiger partial charge is 0.259 e. The first-order chi connectivity index (χ1) is 11.7. The first kappa shape index (κ1) is 16.6. The molecule has 1 aromatic carbocycles. The number of nitrogens with zero attached hydrogens (tertiary/aromatic N) is 3. The van der Waals surface area contributed by atoms with Crippen LogP contribution >= 0.6 is 23.1 Å². The van der Waals surface area contributed by atoms with E-state index in [1.165, 1.54) is 11.3 Å². The Morgan fingerprint density at radius 1 is 1.38 bits per heavy atom. The lowest BCUT2D eigenvalue weighted by atomic mass is 10.2. The average Bonchev–Trinajstić information content (AvgIpc) is 3.00. The molecule has 0 spiro atoms. The van der Waals surface area contributed by atoms with Crippen molar-refractivity contribution in [2.24, 2.45) is 0 Å². The molecule has 3 rings (SSSR count). The zero-order valence-electron chi connectivity index (χ0n) is 12.6. The summed E-state index contributed by atoms with van der Waals surface area (Å²) in [7, 11) is 1.56. The first-order valence-corrected chi connectivity index (χ1v) is 8.69. The number of para-hydroxylation sites is 1. The lowest BCUT2D eigenvalue weighted by Gasteiger charge is -2.02. The highest BCUT2D eigenvalue weighted by Gasteiger charge is 2.10. The fourth-order valence-corrected chi connectivity index (χ4v) is 3.30. The first-order valence-electron chi connectivity index (χ1n) is 6.89. The number of H-pyrrole nitrogens is 1. The normalized spacial score (nSPS) is 10.9. The summed E-state index contributed by atoms with van der Waals surface area (Å²) in [5.74, 6) is -0.156. The number of methoxy groups -OCH3 is 1. The van der Waals surface area contributed by atoms with E-state index in [0.29, 0.717) is 32.8 Å². The Balaban J connectivity index is 1.62. The molecule has 2 heterocycles. The van der Waals surface area contributed by atoms with Gasteiger partial charge in [0.1, 0.15) is 11.6 Å². The fraction of sp³-hybridized carbons (Fsp3) is 0.214. The van der Waals surface area contributed by atoms with Crippen LogP contribution in [0.3, 0.4) is 0 Å². The van der Waals surface area contributed by atoms with E-state index in [-0.39, 0.29) is 17.2 Å². The average molecular weight is 363 g/mol. The molecule has 10 heteroatoms. The van der Waals surface area contributed by atoms with Gasteiger partial charge in [0.05, 0.1) is 16.7 Å². The summed E-state index contributed by atoms with van der Waals surface area (Å²) in [6.45, 7) is 0.352. The van der Waals surface area contributed by atoms with Crippen LogP contribution in [0.25, 0.3) is 10.9 Å². The summed E-state index contributed by atoms with van der Waals surface area (Å²) in [6.07, 6.45) is 0. The van der Waals surface area contributed by atoms with E-state index in [2.05, 4.69) is 25.5 Å². The highest BCUT2D eigenvalue weighted by molar-refractivity contribution is 7.99. The van der Waals surface area contributed by atoms with Crippen molar-refractivity contribution in [3.05, 3.63) is 39.6 Å². The zero-order valence-corrected chi connectivity index (χ0v) is 14.2. The number of benzene rings is 1. The predicted molar refractivity (Wildman–Crippen MR) is 92.3 cm³/mol. The van der Waals surface area contributed by atoms with Gasteiger partial charge in [-0.1, -0.05) is 35.2 Å². The third kappa shape index (κ3) is 3.96. The molecule has 8 nitrogen and oxygen atoms in total. The van der Waals surface area contributed by atoms with E-state index in [0.717, 1.165) is 11.8 Å². The molecule has 0 radical (unpaired) electrons. The molecule has 0 aliphatic rings. The molecule has 124 valence electrons. The van der Waals surface area contributed by atoms with Gasteiger partial charge < -0.3 is 9.72 Å². The SMILES string of the molecule is COCc1nnc(NC(=O)CSc2nc3ccccc3c(=O)[nH]2)s1. The van der Waals surface area contributed by atoms with Crippen molar-refractivity contribution in [2.75, 3.05) is 18.2 Å². The lowest BCUT2D eigenvalue weighted by Crippen LogP contribution is -2.15. The van der Waals surface area contributed by atoms with Crippen LogP contribution in [-0.2, 0) is 16.1 Å². The number of carbonyl (C=O) groups excluding carboxylic acids is 1. The van der Waals surface area contributed by atoms with Crippen LogP contribution in [0, 0.1) is 0 Å². The predicted octanol–water partition coefficient (Wildman–Crippen LogP) is 1.65. The summed E-state index contributed by atoms with van der Waals surface area (Å²) >= 11 is 2.40. The molecule has 2 N–H and O–H groups in total. The molecule has 3 aromatic rings. The Kier molecular flexibility index (Phi) is 5.18. The second-order valence-corrected chi connectivity index (χ2v) is 6.69. The van der Waals surface area contributed by atoms with Crippen LogP contribution in [0.5, 0.6) is 0 Å². The maximum atomic E-state index is 12.0. The molecule has 0 saturated carbocycles. The van der Waals surface area contributed by atoms with Gasteiger partial charge in [-0.15, -0.1) is 10.2 Å². The lowest BCUT2D eigenvalue weighted by molar-refractivity contribution is -0.113. The van der Waals surface area contributed by atoms with Gasteiger partial charge in [0.2, 0.25) is 11.0 Å². The van der Waals surface area contributed by atoms with Crippen molar-refractivity contribution in [2.45, 2.75) is 11.8 Å². The van der Waals surface area contributed by atoms with Crippen molar-refractivity contribution >= 4 is 45.0 Å². The number of rotatable bonds is 6. The number of thioether (sulfide) groups is 1. The van der Waals surface area contributed by atoms with Gasteiger partial charge in [0, 0.05) is 7.11 Å². The molecule has 2 aromatic heterocycles. The number of amides is 1. The number of anilines is 1. The summed E-state index contributed by atoms with van der Waals surface area (Å²) in [5.41, 5.74) is 0.370. The minimum Gasteiger partial charge on any atom is -0.377 e. The standard InChI is InChI=1S/C14H13N5O3S2/c1-22-6-11-18-19-14(24-11)16-10(20)7-23-13-15-9-5-3-2-4-8(9)12(21)17-13/h2-5H,6-7H2,1H3,(H,15,17,21)(H,16,19,20). The van der Waals surface area contributed by atoms with E-state index in [4.69, 9.17) is 4.74 Å². The Labute approximate surface area is 144 Å². The molecule has 0 aliphatic carbocycles. The summed E-state index contributed by atoms with van der Waals surface area (Å²) in [5, 5.41) is 12.4. The van der Waals surface area contributed by atoms with Crippen LogP contribution in [0.15, 0.2) is 34.2 Å². The third-order valence-electron chi connectivity index (χ3n) is 2.91.